The van der Waals surface area contributed by atoms with Crippen molar-refractivity contribution < 1.29 is 9.72 Å². The predicted molar refractivity (Wildman–Crippen MR) is 140 cm³/mol. The minimum Gasteiger partial charge on any atom is -0.332 e. The first-order valence-corrected chi connectivity index (χ1v) is 11.8. The van der Waals surface area contributed by atoms with Crippen molar-refractivity contribution in [1.29, 1.82) is 0 Å². The van der Waals surface area contributed by atoms with E-state index in [0.717, 1.165) is 5.56 Å². The molecule has 0 bridgehead atoms. The Balaban J connectivity index is 1.77. The first kappa shape index (κ1) is 25.1. The highest BCUT2D eigenvalue weighted by Gasteiger charge is 2.24. The molecular weight excluding hydrogens is 478 g/mol. The molecule has 1 amide bonds. The van der Waals surface area contributed by atoms with Crippen LogP contribution in [0.1, 0.15) is 16.1 Å². The van der Waals surface area contributed by atoms with Crippen LogP contribution in [0.3, 0.4) is 0 Å². The number of nitro groups is 1. The van der Waals surface area contributed by atoms with E-state index < -0.39 is 4.92 Å². The molecule has 0 saturated carbocycles. The van der Waals surface area contributed by atoms with Crippen LogP contribution in [0, 0.1) is 10.1 Å². The third-order valence-electron chi connectivity index (χ3n) is 5.68. The molecule has 0 atom stereocenters. The highest BCUT2D eigenvalue weighted by atomic mass is 35.5. The van der Waals surface area contributed by atoms with Gasteiger partial charge in [-0.05, 0) is 56.1 Å². The fraction of sp³-hybridized carbons (Fsp3) is 0.185. The second kappa shape index (κ2) is 11.2. The number of hydrogen-bond acceptors (Lipinski definition) is 5. The van der Waals surface area contributed by atoms with Crippen molar-refractivity contribution in [1.82, 2.24) is 19.6 Å². The number of benzene rings is 3. The van der Waals surface area contributed by atoms with Crippen molar-refractivity contribution in [3.8, 4) is 16.9 Å². The first-order chi connectivity index (χ1) is 17.3. The molecule has 0 aliphatic heterocycles. The zero-order valence-corrected chi connectivity index (χ0v) is 20.8. The molecule has 0 radical (unpaired) electrons. The number of amides is 1. The number of likely N-dealkylation sites (N-methyl/N-ethyl adjacent to an activating group) is 1. The van der Waals surface area contributed by atoms with E-state index in [0.29, 0.717) is 47.3 Å². The maximum Gasteiger partial charge on any atom is 0.272 e. The Morgan fingerprint density at radius 2 is 1.69 bits per heavy atom. The maximum absolute atomic E-state index is 14.0. The van der Waals surface area contributed by atoms with Gasteiger partial charge in [0.05, 0.1) is 16.3 Å². The SMILES string of the molecule is CN(C)CCN(Cc1ccccc1)C(=O)c1cc(-c2ccc([N+](=O)[O-])cc2)nn1-c1cccc(Cl)c1. The molecule has 8 nitrogen and oxygen atoms in total. The third kappa shape index (κ3) is 5.97. The molecule has 0 aliphatic rings. The number of aromatic nitrogens is 2. The van der Waals surface area contributed by atoms with Gasteiger partial charge in [-0.1, -0.05) is 48.0 Å². The van der Waals surface area contributed by atoms with Gasteiger partial charge in [-0.3, -0.25) is 14.9 Å². The number of nitro benzene ring substituents is 1. The number of carbonyl (C=O) groups excluding carboxylic acids is 1. The zero-order chi connectivity index (χ0) is 25.7. The Labute approximate surface area is 214 Å². The molecule has 4 rings (SSSR count). The fourth-order valence-corrected chi connectivity index (χ4v) is 3.96. The van der Waals surface area contributed by atoms with Crippen LogP contribution in [0.25, 0.3) is 16.9 Å². The van der Waals surface area contributed by atoms with Gasteiger partial charge in [-0.25, -0.2) is 4.68 Å². The Bertz CT molecular complexity index is 1350. The van der Waals surface area contributed by atoms with E-state index >= 15 is 0 Å². The molecule has 0 fully saturated rings. The van der Waals surface area contributed by atoms with Crippen molar-refractivity contribution in [2.45, 2.75) is 6.54 Å². The summed E-state index contributed by atoms with van der Waals surface area (Å²) >= 11 is 6.25. The quantitative estimate of drug-likeness (QED) is 0.228. The molecule has 0 N–H and O–H groups in total. The van der Waals surface area contributed by atoms with Gasteiger partial charge in [-0.15, -0.1) is 0 Å². The predicted octanol–water partition coefficient (Wildman–Crippen LogP) is 5.30. The Kier molecular flexibility index (Phi) is 7.77. The molecule has 184 valence electrons. The number of hydrogen-bond donors (Lipinski definition) is 0. The second-order valence-electron chi connectivity index (χ2n) is 8.63. The summed E-state index contributed by atoms with van der Waals surface area (Å²) in [5, 5.41) is 16.3. The molecule has 0 spiro atoms. The molecular formula is C27H26ClN5O3. The van der Waals surface area contributed by atoms with Gasteiger partial charge < -0.3 is 9.80 Å². The molecule has 4 aromatic rings. The maximum atomic E-state index is 14.0. The Morgan fingerprint density at radius 3 is 2.33 bits per heavy atom. The van der Waals surface area contributed by atoms with Crippen LogP contribution in [0.2, 0.25) is 5.02 Å². The average molecular weight is 504 g/mol. The van der Waals surface area contributed by atoms with E-state index in [2.05, 4.69) is 0 Å². The van der Waals surface area contributed by atoms with Crippen molar-refractivity contribution >= 4 is 23.2 Å². The van der Waals surface area contributed by atoms with E-state index in [1.807, 2.05) is 55.4 Å². The number of non-ortho nitro benzene ring substituents is 1. The number of rotatable bonds is 9. The summed E-state index contributed by atoms with van der Waals surface area (Å²) in [6.45, 7) is 1.66. The molecule has 0 aliphatic carbocycles. The van der Waals surface area contributed by atoms with Crippen molar-refractivity contribution in [3.63, 3.8) is 0 Å². The van der Waals surface area contributed by atoms with Gasteiger partial charge in [0.25, 0.3) is 11.6 Å². The number of nitrogens with zero attached hydrogens (tertiary/aromatic N) is 5. The summed E-state index contributed by atoms with van der Waals surface area (Å²) < 4.78 is 1.58. The van der Waals surface area contributed by atoms with Gasteiger partial charge in [0.1, 0.15) is 5.69 Å². The summed E-state index contributed by atoms with van der Waals surface area (Å²) in [5.74, 6) is -0.179. The highest BCUT2D eigenvalue weighted by molar-refractivity contribution is 6.30. The monoisotopic (exact) mass is 503 g/mol. The molecule has 0 saturated heterocycles. The van der Waals surface area contributed by atoms with Crippen molar-refractivity contribution in [2.75, 3.05) is 27.2 Å². The summed E-state index contributed by atoms with van der Waals surface area (Å²) in [6.07, 6.45) is 0. The molecule has 0 unspecified atom stereocenters. The lowest BCUT2D eigenvalue weighted by Crippen LogP contribution is -2.37. The van der Waals surface area contributed by atoms with Gasteiger partial charge >= 0.3 is 0 Å². The minimum absolute atomic E-state index is 0.0120. The van der Waals surface area contributed by atoms with Crippen molar-refractivity contribution in [3.05, 3.63) is 111 Å². The van der Waals surface area contributed by atoms with Crippen molar-refractivity contribution in [2.24, 2.45) is 0 Å². The van der Waals surface area contributed by atoms with Crippen LogP contribution in [-0.2, 0) is 6.54 Å². The van der Waals surface area contributed by atoms with Gasteiger partial charge in [0, 0.05) is 42.4 Å². The zero-order valence-electron chi connectivity index (χ0n) is 20.0. The average Bonchev–Trinajstić information content (AvgIpc) is 3.32. The Hall–Kier alpha value is -4.01. The normalized spacial score (nSPS) is 11.0. The lowest BCUT2D eigenvalue weighted by Gasteiger charge is -2.25. The van der Waals surface area contributed by atoms with E-state index in [9.17, 15) is 14.9 Å². The summed E-state index contributed by atoms with van der Waals surface area (Å²) in [4.78, 5) is 28.4. The smallest absolute Gasteiger partial charge is 0.272 e. The molecule has 9 heteroatoms. The lowest BCUT2D eigenvalue weighted by molar-refractivity contribution is -0.384. The highest BCUT2D eigenvalue weighted by Crippen LogP contribution is 2.26. The molecule has 3 aromatic carbocycles. The van der Waals surface area contributed by atoms with E-state index in [1.165, 1.54) is 12.1 Å². The lowest BCUT2D eigenvalue weighted by atomic mass is 10.1. The summed E-state index contributed by atoms with van der Waals surface area (Å²) in [7, 11) is 3.93. The van der Waals surface area contributed by atoms with E-state index in [-0.39, 0.29) is 11.6 Å². The van der Waals surface area contributed by atoms with E-state index in [4.69, 9.17) is 16.7 Å². The van der Waals surface area contributed by atoms with Crippen LogP contribution in [0.15, 0.2) is 84.9 Å². The molecule has 1 heterocycles. The van der Waals surface area contributed by atoms with E-state index in [1.54, 1.807) is 46.0 Å². The first-order valence-electron chi connectivity index (χ1n) is 11.4. The molecule has 1 aromatic heterocycles. The van der Waals surface area contributed by atoms with Crippen LogP contribution >= 0.6 is 11.6 Å². The summed E-state index contributed by atoms with van der Waals surface area (Å²) in [6, 6.07) is 24.8. The fourth-order valence-electron chi connectivity index (χ4n) is 3.77. The Morgan fingerprint density at radius 1 is 0.972 bits per heavy atom. The number of halogens is 1. The summed E-state index contributed by atoms with van der Waals surface area (Å²) in [5.41, 5.74) is 3.22. The van der Waals surface area contributed by atoms with Gasteiger partial charge in [-0.2, -0.15) is 5.10 Å². The topological polar surface area (TPSA) is 84.5 Å². The standard InChI is InChI=1S/C27H26ClN5O3/c1-30(2)15-16-31(19-20-7-4-3-5-8-20)27(34)26-18-25(21-11-13-23(14-12-21)33(35)36)29-32(26)24-10-6-9-22(28)17-24/h3-14,17-18H,15-16,19H2,1-2H3. The van der Waals surface area contributed by atoms with Crippen LogP contribution in [0.4, 0.5) is 5.69 Å². The van der Waals surface area contributed by atoms with Gasteiger partial charge in [0.15, 0.2) is 0 Å². The minimum atomic E-state index is -0.449. The van der Waals surface area contributed by atoms with Crippen LogP contribution in [-0.4, -0.2) is 57.6 Å². The van der Waals surface area contributed by atoms with Crippen LogP contribution in [0.5, 0.6) is 0 Å². The van der Waals surface area contributed by atoms with Gasteiger partial charge in [0.2, 0.25) is 0 Å². The third-order valence-corrected chi connectivity index (χ3v) is 5.91. The second-order valence-corrected chi connectivity index (χ2v) is 9.06. The molecule has 36 heavy (non-hydrogen) atoms. The largest absolute Gasteiger partial charge is 0.332 e. The number of carbonyl (C=O) groups is 1. The van der Waals surface area contributed by atoms with Crippen LogP contribution < -0.4 is 0 Å².